The fourth-order valence-electron chi connectivity index (χ4n) is 3.18. The van der Waals surface area contributed by atoms with Crippen LogP contribution in [0.3, 0.4) is 0 Å². The van der Waals surface area contributed by atoms with E-state index >= 15 is 0 Å². The van der Waals surface area contributed by atoms with Gasteiger partial charge in [0.25, 0.3) is 0 Å². The van der Waals surface area contributed by atoms with E-state index in [0.29, 0.717) is 25.2 Å². The fraction of sp³-hybridized carbons (Fsp3) is 0.929. The summed E-state index contributed by atoms with van der Waals surface area (Å²) >= 11 is 0. The Labute approximate surface area is 108 Å². The molecule has 0 aromatic heterocycles. The quantitative estimate of drug-likeness (QED) is 0.821. The molecule has 0 amide bonds. The summed E-state index contributed by atoms with van der Waals surface area (Å²) in [6.07, 6.45) is 4.62. The number of carbonyl (C=O) groups is 1. The molecule has 0 bridgehead atoms. The molecule has 1 aliphatic carbocycles. The lowest BCUT2D eigenvalue weighted by Gasteiger charge is -2.22. The van der Waals surface area contributed by atoms with Crippen molar-refractivity contribution in [1.82, 2.24) is 5.32 Å². The molecule has 18 heavy (non-hydrogen) atoms. The standard InChI is InChI=1S/C14H23F2NO/c15-14(16)6-3-12(10-14)9-13(18)2-1-11-4-7-17-8-5-11/h11-12,17H,1-10H2. The highest BCUT2D eigenvalue weighted by Crippen LogP contribution is 2.40. The Kier molecular flexibility index (Phi) is 4.71. The summed E-state index contributed by atoms with van der Waals surface area (Å²) in [5.41, 5.74) is 0. The molecule has 0 spiro atoms. The Hall–Kier alpha value is -0.510. The van der Waals surface area contributed by atoms with Gasteiger partial charge in [-0.15, -0.1) is 0 Å². The van der Waals surface area contributed by atoms with Gasteiger partial charge in [-0.05, 0) is 50.6 Å². The predicted molar refractivity (Wildman–Crippen MR) is 66.7 cm³/mol. The smallest absolute Gasteiger partial charge is 0.248 e. The zero-order valence-corrected chi connectivity index (χ0v) is 10.9. The van der Waals surface area contributed by atoms with Gasteiger partial charge in [0.2, 0.25) is 5.92 Å². The summed E-state index contributed by atoms with van der Waals surface area (Å²) in [5, 5.41) is 3.30. The number of hydrogen-bond acceptors (Lipinski definition) is 2. The van der Waals surface area contributed by atoms with Gasteiger partial charge >= 0.3 is 0 Å². The van der Waals surface area contributed by atoms with Gasteiger partial charge in [0.05, 0.1) is 0 Å². The van der Waals surface area contributed by atoms with Gasteiger partial charge in [-0.2, -0.15) is 0 Å². The van der Waals surface area contributed by atoms with Crippen molar-refractivity contribution in [2.24, 2.45) is 11.8 Å². The largest absolute Gasteiger partial charge is 0.317 e. The van der Waals surface area contributed by atoms with Crippen molar-refractivity contribution in [2.45, 2.75) is 57.3 Å². The minimum atomic E-state index is -2.51. The Bertz CT molecular complexity index is 288. The van der Waals surface area contributed by atoms with Crippen LogP contribution in [0.2, 0.25) is 0 Å². The maximum absolute atomic E-state index is 13.0. The van der Waals surface area contributed by atoms with Crippen LogP contribution in [0.25, 0.3) is 0 Å². The topological polar surface area (TPSA) is 29.1 Å². The molecule has 104 valence electrons. The zero-order chi connectivity index (χ0) is 13.0. The van der Waals surface area contributed by atoms with E-state index in [4.69, 9.17) is 0 Å². The van der Waals surface area contributed by atoms with Crippen LogP contribution in [-0.4, -0.2) is 24.8 Å². The molecular formula is C14H23F2NO. The molecule has 0 aromatic carbocycles. The first-order valence-corrected chi connectivity index (χ1v) is 7.15. The van der Waals surface area contributed by atoms with E-state index in [9.17, 15) is 13.6 Å². The summed E-state index contributed by atoms with van der Waals surface area (Å²) < 4.78 is 26.0. The lowest BCUT2D eigenvalue weighted by Crippen LogP contribution is -2.28. The van der Waals surface area contributed by atoms with Gasteiger partial charge in [0.1, 0.15) is 5.78 Å². The van der Waals surface area contributed by atoms with E-state index in [-0.39, 0.29) is 24.5 Å². The highest BCUT2D eigenvalue weighted by Gasteiger charge is 2.39. The van der Waals surface area contributed by atoms with Gasteiger partial charge in [-0.25, -0.2) is 8.78 Å². The molecule has 1 atom stereocenters. The average molecular weight is 259 g/mol. The molecular weight excluding hydrogens is 236 g/mol. The molecule has 1 N–H and O–H groups in total. The third kappa shape index (κ3) is 4.30. The minimum absolute atomic E-state index is 0.0285. The van der Waals surface area contributed by atoms with Crippen LogP contribution in [0.5, 0.6) is 0 Å². The summed E-state index contributed by atoms with van der Waals surface area (Å²) in [6.45, 7) is 2.10. The average Bonchev–Trinajstić information content (AvgIpc) is 2.67. The SMILES string of the molecule is O=C(CCC1CCNCC1)CC1CCC(F)(F)C1. The molecule has 2 fully saturated rings. The van der Waals surface area contributed by atoms with Crippen LogP contribution in [0.4, 0.5) is 8.78 Å². The maximum Gasteiger partial charge on any atom is 0.248 e. The number of nitrogens with one attached hydrogen (secondary N) is 1. The number of piperidine rings is 1. The molecule has 4 heteroatoms. The summed E-state index contributed by atoms with van der Waals surface area (Å²) in [5.74, 6) is -1.74. The van der Waals surface area contributed by atoms with Crippen molar-refractivity contribution < 1.29 is 13.6 Å². The summed E-state index contributed by atoms with van der Waals surface area (Å²) in [6, 6.07) is 0. The van der Waals surface area contributed by atoms with Crippen molar-refractivity contribution in [1.29, 1.82) is 0 Å². The number of ketones is 1. The molecule has 1 heterocycles. The first-order valence-electron chi connectivity index (χ1n) is 7.15. The number of Topliss-reactive ketones (excluding diaryl/α,β-unsaturated/α-hetero) is 1. The Morgan fingerprint density at radius 3 is 2.50 bits per heavy atom. The lowest BCUT2D eigenvalue weighted by atomic mass is 9.90. The van der Waals surface area contributed by atoms with Gasteiger partial charge in [0.15, 0.2) is 0 Å². The third-order valence-electron chi connectivity index (χ3n) is 4.31. The Morgan fingerprint density at radius 2 is 1.89 bits per heavy atom. The van der Waals surface area contributed by atoms with E-state index in [1.807, 2.05) is 0 Å². The molecule has 2 aliphatic rings. The third-order valence-corrected chi connectivity index (χ3v) is 4.31. The number of rotatable bonds is 5. The zero-order valence-electron chi connectivity index (χ0n) is 10.9. The van der Waals surface area contributed by atoms with E-state index in [1.54, 1.807) is 0 Å². The first-order chi connectivity index (χ1) is 8.55. The van der Waals surface area contributed by atoms with Gasteiger partial charge in [-0.3, -0.25) is 4.79 Å². The van der Waals surface area contributed by atoms with Crippen molar-refractivity contribution in [3.8, 4) is 0 Å². The van der Waals surface area contributed by atoms with Crippen LogP contribution in [-0.2, 0) is 4.79 Å². The monoisotopic (exact) mass is 259 g/mol. The van der Waals surface area contributed by atoms with Crippen molar-refractivity contribution >= 4 is 5.78 Å². The second-order valence-electron chi connectivity index (χ2n) is 5.94. The van der Waals surface area contributed by atoms with Gasteiger partial charge in [0, 0.05) is 25.7 Å². The molecule has 2 nitrogen and oxygen atoms in total. The maximum atomic E-state index is 13.0. The van der Waals surface area contributed by atoms with E-state index in [0.717, 1.165) is 32.4 Å². The van der Waals surface area contributed by atoms with Crippen molar-refractivity contribution in [2.75, 3.05) is 13.1 Å². The molecule has 2 rings (SSSR count). The van der Waals surface area contributed by atoms with E-state index in [1.165, 1.54) is 0 Å². The van der Waals surface area contributed by atoms with Gasteiger partial charge in [-0.1, -0.05) is 0 Å². The van der Waals surface area contributed by atoms with Crippen LogP contribution in [0.1, 0.15) is 51.4 Å². The van der Waals surface area contributed by atoms with Crippen LogP contribution >= 0.6 is 0 Å². The van der Waals surface area contributed by atoms with E-state index in [2.05, 4.69) is 5.32 Å². The Morgan fingerprint density at radius 1 is 1.17 bits per heavy atom. The highest BCUT2D eigenvalue weighted by molar-refractivity contribution is 5.78. The molecule has 1 unspecified atom stereocenters. The summed E-state index contributed by atoms with van der Waals surface area (Å²) in [7, 11) is 0. The minimum Gasteiger partial charge on any atom is -0.317 e. The lowest BCUT2D eigenvalue weighted by molar-refractivity contribution is -0.120. The second-order valence-corrected chi connectivity index (χ2v) is 5.94. The van der Waals surface area contributed by atoms with E-state index < -0.39 is 5.92 Å². The molecule has 1 saturated heterocycles. The summed E-state index contributed by atoms with van der Waals surface area (Å²) in [4.78, 5) is 11.8. The number of carbonyl (C=O) groups excluding carboxylic acids is 1. The number of alkyl halides is 2. The normalized spacial score (nSPS) is 28.4. The fourth-order valence-corrected chi connectivity index (χ4v) is 3.18. The predicted octanol–water partition coefficient (Wildman–Crippen LogP) is 3.16. The van der Waals surface area contributed by atoms with Gasteiger partial charge < -0.3 is 5.32 Å². The van der Waals surface area contributed by atoms with Crippen LogP contribution < -0.4 is 5.32 Å². The molecule has 1 saturated carbocycles. The Balaban J connectivity index is 1.63. The van der Waals surface area contributed by atoms with Crippen molar-refractivity contribution in [3.05, 3.63) is 0 Å². The van der Waals surface area contributed by atoms with Crippen LogP contribution in [0.15, 0.2) is 0 Å². The number of hydrogen-bond donors (Lipinski definition) is 1. The molecule has 1 aliphatic heterocycles. The van der Waals surface area contributed by atoms with Crippen molar-refractivity contribution in [3.63, 3.8) is 0 Å². The highest BCUT2D eigenvalue weighted by atomic mass is 19.3. The van der Waals surface area contributed by atoms with Crippen LogP contribution in [0, 0.1) is 11.8 Å². The second kappa shape index (κ2) is 6.09. The number of halogens is 2. The molecule has 0 aromatic rings. The molecule has 0 radical (unpaired) electrons. The first kappa shape index (κ1) is 13.9.